The molecule has 1 aromatic carbocycles. The first kappa shape index (κ1) is 19.9. The largest absolute Gasteiger partial charge is 0.324 e. The number of thiophene rings is 1. The van der Waals surface area contributed by atoms with Crippen LogP contribution in [0.1, 0.15) is 5.56 Å². The number of nitrogens with one attached hydrogen (secondary N) is 1. The fourth-order valence-corrected chi connectivity index (χ4v) is 3.91. The molecule has 1 N–H and O–H groups in total. The highest BCUT2D eigenvalue weighted by molar-refractivity contribution is 7.89. The van der Waals surface area contributed by atoms with E-state index in [1.54, 1.807) is 11.3 Å². The molecule has 0 bridgehead atoms. The highest BCUT2D eigenvalue weighted by Gasteiger charge is 2.19. The summed E-state index contributed by atoms with van der Waals surface area (Å²) in [6, 6.07) is 6.25. The van der Waals surface area contributed by atoms with Crippen LogP contribution >= 0.6 is 22.9 Å². The number of anilines is 1. The third-order valence-electron chi connectivity index (χ3n) is 3.44. The Balaban J connectivity index is 2.07. The van der Waals surface area contributed by atoms with Crippen molar-refractivity contribution in [3.63, 3.8) is 0 Å². The Bertz CT molecular complexity index is 836. The van der Waals surface area contributed by atoms with Crippen LogP contribution in [0.25, 0.3) is 0 Å². The zero-order valence-corrected chi connectivity index (χ0v) is 16.6. The van der Waals surface area contributed by atoms with Crippen molar-refractivity contribution in [2.75, 3.05) is 33.0 Å². The Labute approximate surface area is 157 Å². The van der Waals surface area contributed by atoms with E-state index in [-0.39, 0.29) is 28.1 Å². The minimum Gasteiger partial charge on any atom is -0.324 e. The van der Waals surface area contributed by atoms with Crippen LogP contribution < -0.4 is 5.32 Å². The van der Waals surface area contributed by atoms with Crippen molar-refractivity contribution in [1.82, 2.24) is 9.21 Å². The Morgan fingerprint density at radius 2 is 1.96 bits per heavy atom. The summed E-state index contributed by atoms with van der Waals surface area (Å²) in [4.78, 5) is 14.2. The van der Waals surface area contributed by atoms with Gasteiger partial charge in [0.1, 0.15) is 0 Å². The van der Waals surface area contributed by atoms with E-state index in [1.165, 1.54) is 32.3 Å². The predicted molar refractivity (Wildman–Crippen MR) is 102 cm³/mol. The minimum atomic E-state index is -3.60. The first-order valence-electron chi connectivity index (χ1n) is 7.41. The van der Waals surface area contributed by atoms with Gasteiger partial charge in [0, 0.05) is 20.6 Å². The van der Waals surface area contributed by atoms with Gasteiger partial charge >= 0.3 is 0 Å². The molecule has 6 nitrogen and oxygen atoms in total. The van der Waals surface area contributed by atoms with Crippen LogP contribution in [0.3, 0.4) is 0 Å². The van der Waals surface area contributed by atoms with Crippen LogP contribution in [0, 0.1) is 0 Å². The average Bonchev–Trinajstić information content (AvgIpc) is 3.01. The summed E-state index contributed by atoms with van der Waals surface area (Å²) < 4.78 is 25.5. The lowest BCUT2D eigenvalue weighted by molar-refractivity contribution is -0.117. The van der Waals surface area contributed by atoms with E-state index in [2.05, 4.69) is 5.32 Å². The minimum absolute atomic E-state index is 0.0730. The number of amides is 1. The summed E-state index contributed by atoms with van der Waals surface area (Å²) in [5, 5.41) is 6.98. The second-order valence-electron chi connectivity index (χ2n) is 5.78. The Hall–Kier alpha value is -1.45. The maximum absolute atomic E-state index is 12.2. The molecule has 1 aromatic heterocycles. The van der Waals surface area contributed by atoms with Gasteiger partial charge in [-0.1, -0.05) is 11.6 Å². The van der Waals surface area contributed by atoms with Crippen LogP contribution in [0.2, 0.25) is 5.02 Å². The number of rotatable bonds is 7. The van der Waals surface area contributed by atoms with Crippen LogP contribution in [0.4, 0.5) is 5.69 Å². The van der Waals surface area contributed by atoms with Crippen molar-refractivity contribution in [2.45, 2.75) is 11.4 Å². The van der Waals surface area contributed by atoms with Crippen LogP contribution in [0.15, 0.2) is 39.9 Å². The molecule has 0 saturated heterocycles. The lowest BCUT2D eigenvalue weighted by Gasteiger charge is -2.17. The summed E-state index contributed by atoms with van der Waals surface area (Å²) in [7, 11) is 1.14. The number of carbonyl (C=O) groups is 1. The SMILES string of the molecule is CN(CC(=O)Nc1cc(S(=O)(=O)N(C)C)ccc1Cl)Cc1ccsc1. The van der Waals surface area contributed by atoms with Crippen molar-refractivity contribution in [3.8, 4) is 0 Å². The van der Waals surface area contributed by atoms with Gasteiger partial charge < -0.3 is 5.32 Å². The van der Waals surface area contributed by atoms with Crippen LogP contribution in [-0.2, 0) is 21.4 Å². The van der Waals surface area contributed by atoms with E-state index in [0.717, 1.165) is 9.87 Å². The molecule has 1 amide bonds. The quantitative estimate of drug-likeness (QED) is 0.774. The number of likely N-dealkylation sites (N-methyl/N-ethyl adjacent to an activating group) is 1. The summed E-state index contributed by atoms with van der Waals surface area (Å²) in [5.41, 5.74) is 1.41. The zero-order valence-electron chi connectivity index (χ0n) is 14.2. The molecule has 0 fully saturated rings. The molecule has 0 aliphatic rings. The number of hydrogen-bond donors (Lipinski definition) is 1. The molecule has 0 saturated carbocycles. The molecule has 1 heterocycles. The Morgan fingerprint density at radius 3 is 2.56 bits per heavy atom. The molecule has 9 heteroatoms. The van der Waals surface area contributed by atoms with E-state index in [4.69, 9.17) is 11.6 Å². The van der Waals surface area contributed by atoms with E-state index in [9.17, 15) is 13.2 Å². The summed E-state index contributed by atoms with van der Waals surface area (Å²) in [6.45, 7) is 0.816. The molecule has 0 unspecified atom stereocenters. The normalized spacial score (nSPS) is 11.9. The Kier molecular flexibility index (Phi) is 6.59. The van der Waals surface area contributed by atoms with E-state index in [1.807, 2.05) is 28.8 Å². The number of hydrogen-bond acceptors (Lipinski definition) is 5. The van der Waals surface area contributed by atoms with Crippen molar-refractivity contribution in [3.05, 3.63) is 45.6 Å². The fraction of sp³-hybridized carbons (Fsp3) is 0.312. The number of carbonyl (C=O) groups excluding carboxylic acids is 1. The lowest BCUT2D eigenvalue weighted by atomic mass is 10.3. The molecule has 2 rings (SSSR count). The standard InChI is InChI=1S/C16H20ClN3O3S2/c1-19(2)25(22,23)13-4-5-14(17)15(8-13)18-16(21)10-20(3)9-12-6-7-24-11-12/h4-8,11H,9-10H2,1-3H3,(H,18,21). The van der Waals surface area contributed by atoms with E-state index < -0.39 is 10.0 Å². The number of sulfonamides is 1. The van der Waals surface area contributed by atoms with E-state index >= 15 is 0 Å². The van der Waals surface area contributed by atoms with Gasteiger partial charge in [0.2, 0.25) is 15.9 Å². The summed E-state index contributed by atoms with van der Waals surface area (Å²) in [6.07, 6.45) is 0. The third kappa shape index (κ3) is 5.26. The van der Waals surface area contributed by atoms with Crippen molar-refractivity contribution in [1.29, 1.82) is 0 Å². The molecular formula is C16H20ClN3O3S2. The monoisotopic (exact) mass is 401 g/mol. The molecule has 0 aliphatic carbocycles. The maximum Gasteiger partial charge on any atom is 0.242 e. The fourth-order valence-electron chi connectivity index (χ4n) is 2.16. The predicted octanol–water partition coefficient (Wildman–Crippen LogP) is 2.72. The van der Waals surface area contributed by atoms with Crippen molar-refractivity contribution < 1.29 is 13.2 Å². The molecular weight excluding hydrogens is 382 g/mol. The number of benzene rings is 1. The third-order valence-corrected chi connectivity index (χ3v) is 6.31. The molecule has 2 aromatic rings. The summed E-state index contributed by atoms with van der Waals surface area (Å²) >= 11 is 7.69. The van der Waals surface area contributed by atoms with Gasteiger partial charge in [-0.3, -0.25) is 9.69 Å². The molecule has 136 valence electrons. The molecule has 0 aliphatic heterocycles. The van der Waals surface area contributed by atoms with Crippen LogP contribution in [0.5, 0.6) is 0 Å². The summed E-state index contributed by atoms with van der Waals surface area (Å²) in [5.74, 6) is -0.265. The second kappa shape index (κ2) is 8.29. The first-order valence-corrected chi connectivity index (χ1v) is 10.2. The zero-order chi connectivity index (χ0) is 18.6. The van der Waals surface area contributed by atoms with Gasteiger partial charge in [0.25, 0.3) is 0 Å². The van der Waals surface area contributed by atoms with Crippen molar-refractivity contribution in [2.24, 2.45) is 0 Å². The number of nitrogens with zero attached hydrogens (tertiary/aromatic N) is 2. The van der Waals surface area contributed by atoms with Gasteiger partial charge in [-0.15, -0.1) is 0 Å². The smallest absolute Gasteiger partial charge is 0.242 e. The van der Waals surface area contributed by atoms with Gasteiger partial charge in [-0.2, -0.15) is 11.3 Å². The highest BCUT2D eigenvalue weighted by atomic mass is 35.5. The lowest BCUT2D eigenvalue weighted by Crippen LogP contribution is -2.30. The van der Waals surface area contributed by atoms with E-state index in [0.29, 0.717) is 6.54 Å². The average molecular weight is 402 g/mol. The van der Waals surface area contributed by atoms with Gasteiger partial charge in [0.05, 0.1) is 22.2 Å². The maximum atomic E-state index is 12.2. The molecule has 0 spiro atoms. The molecule has 0 atom stereocenters. The van der Waals surface area contributed by atoms with Gasteiger partial charge in [-0.05, 0) is 47.6 Å². The highest BCUT2D eigenvalue weighted by Crippen LogP contribution is 2.26. The second-order valence-corrected chi connectivity index (χ2v) is 9.12. The Morgan fingerprint density at radius 1 is 1.24 bits per heavy atom. The number of halogens is 1. The molecule has 25 heavy (non-hydrogen) atoms. The molecule has 0 radical (unpaired) electrons. The van der Waals surface area contributed by atoms with Crippen LogP contribution in [-0.4, -0.2) is 51.2 Å². The van der Waals surface area contributed by atoms with Crippen molar-refractivity contribution >= 4 is 44.6 Å². The topological polar surface area (TPSA) is 69.7 Å². The first-order chi connectivity index (χ1) is 11.7. The van der Waals surface area contributed by atoms with Gasteiger partial charge in [-0.25, -0.2) is 12.7 Å². The van der Waals surface area contributed by atoms with Gasteiger partial charge in [0.15, 0.2) is 0 Å².